The van der Waals surface area contributed by atoms with E-state index in [-0.39, 0.29) is 29.0 Å². The first-order valence-electron chi connectivity index (χ1n) is 9.41. The van der Waals surface area contributed by atoms with Crippen molar-refractivity contribution < 1.29 is 14.5 Å². The average Bonchev–Trinajstić information content (AvgIpc) is 2.72. The number of carbonyl (C=O) groups excluding carboxylic acids is 2. The van der Waals surface area contributed by atoms with Gasteiger partial charge in [-0.25, -0.2) is 0 Å². The van der Waals surface area contributed by atoms with E-state index in [0.29, 0.717) is 25.9 Å². The van der Waals surface area contributed by atoms with Crippen molar-refractivity contribution in [3.05, 3.63) is 33.9 Å². The molecule has 2 aliphatic rings. The highest BCUT2D eigenvalue weighted by molar-refractivity contribution is 7.98. The van der Waals surface area contributed by atoms with Gasteiger partial charge in [0.25, 0.3) is 11.6 Å². The molecule has 27 heavy (non-hydrogen) atoms. The predicted molar refractivity (Wildman–Crippen MR) is 104 cm³/mol. The molecule has 2 amide bonds. The number of nitrogens with zero attached hydrogens (tertiary/aromatic N) is 3. The first kappa shape index (κ1) is 19.7. The van der Waals surface area contributed by atoms with Crippen LogP contribution in [0.4, 0.5) is 5.69 Å². The van der Waals surface area contributed by atoms with E-state index in [9.17, 15) is 19.7 Å². The van der Waals surface area contributed by atoms with Gasteiger partial charge in [0.1, 0.15) is 5.56 Å². The van der Waals surface area contributed by atoms with Crippen molar-refractivity contribution in [1.82, 2.24) is 9.80 Å². The molecule has 0 aliphatic carbocycles. The van der Waals surface area contributed by atoms with Gasteiger partial charge in [-0.2, -0.15) is 0 Å². The normalized spacial score (nSPS) is 18.4. The van der Waals surface area contributed by atoms with Gasteiger partial charge in [-0.1, -0.05) is 0 Å². The fraction of sp³-hybridized carbons (Fsp3) is 0.579. The van der Waals surface area contributed by atoms with Crippen LogP contribution in [0.25, 0.3) is 0 Å². The summed E-state index contributed by atoms with van der Waals surface area (Å²) in [6.07, 6.45) is 6.43. The molecule has 2 heterocycles. The van der Waals surface area contributed by atoms with Crippen molar-refractivity contribution in [2.45, 2.75) is 37.0 Å². The highest BCUT2D eigenvalue weighted by atomic mass is 32.2. The molecule has 0 atom stereocenters. The summed E-state index contributed by atoms with van der Waals surface area (Å²) < 4.78 is 0. The molecule has 1 aromatic rings. The Morgan fingerprint density at radius 1 is 1.07 bits per heavy atom. The highest BCUT2D eigenvalue weighted by Gasteiger charge is 2.33. The van der Waals surface area contributed by atoms with Crippen LogP contribution in [-0.2, 0) is 4.79 Å². The zero-order valence-electron chi connectivity index (χ0n) is 15.6. The van der Waals surface area contributed by atoms with Gasteiger partial charge in [-0.3, -0.25) is 19.7 Å². The molecule has 0 saturated carbocycles. The molecule has 0 radical (unpaired) electrons. The van der Waals surface area contributed by atoms with Crippen LogP contribution in [0.15, 0.2) is 23.1 Å². The quantitative estimate of drug-likeness (QED) is 0.447. The number of carbonyl (C=O) groups is 2. The van der Waals surface area contributed by atoms with Crippen molar-refractivity contribution >= 4 is 29.3 Å². The number of amides is 2. The largest absolute Gasteiger partial charge is 0.342 e. The van der Waals surface area contributed by atoms with E-state index in [1.807, 2.05) is 11.2 Å². The Kier molecular flexibility index (Phi) is 6.36. The number of hydrogen-bond acceptors (Lipinski definition) is 5. The SMILES string of the molecule is CSc1ccc([N+](=O)[O-])c(C(=O)N2CCC(C(=O)N3CCCCC3)CC2)c1. The summed E-state index contributed by atoms with van der Waals surface area (Å²) in [4.78, 5) is 40.8. The van der Waals surface area contributed by atoms with E-state index < -0.39 is 4.92 Å². The van der Waals surface area contributed by atoms with E-state index in [2.05, 4.69) is 0 Å². The molecule has 0 unspecified atom stereocenters. The minimum Gasteiger partial charge on any atom is -0.342 e. The lowest BCUT2D eigenvalue weighted by atomic mass is 9.94. The Morgan fingerprint density at radius 3 is 2.33 bits per heavy atom. The highest BCUT2D eigenvalue weighted by Crippen LogP contribution is 2.28. The fourth-order valence-corrected chi connectivity index (χ4v) is 4.28. The number of thioether (sulfide) groups is 1. The van der Waals surface area contributed by atoms with Crippen LogP contribution in [0, 0.1) is 16.0 Å². The number of likely N-dealkylation sites (tertiary alicyclic amines) is 2. The summed E-state index contributed by atoms with van der Waals surface area (Å²) in [6, 6.07) is 4.64. The molecule has 7 nitrogen and oxygen atoms in total. The minimum atomic E-state index is -0.510. The standard InChI is InChI=1S/C19H25N3O4S/c1-27-15-5-6-17(22(25)26)16(13-15)19(24)21-11-7-14(8-12-21)18(23)20-9-3-2-4-10-20/h5-6,13-14H,2-4,7-12H2,1H3. The maximum atomic E-state index is 12.9. The Balaban J connectivity index is 1.66. The first-order chi connectivity index (χ1) is 13.0. The third-order valence-electron chi connectivity index (χ3n) is 5.43. The number of rotatable bonds is 4. The molecule has 2 aliphatic heterocycles. The second-order valence-corrected chi connectivity index (χ2v) is 7.97. The average molecular weight is 391 g/mol. The van der Waals surface area contributed by atoms with Gasteiger partial charge in [0.2, 0.25) is 5.91 Å². The van der Waals surface area contributed by atoms with Crippen LogP contribution < -0.4 is 0 Å². The maximum Gasteiger partial charge on any atom is 0.282 e. The van der Waals surface area contributed by atoms with Gasteiger partial charge < -0.3 is 9.80 Å². The molecule has 0 spiro atoms. The number of nitro benzene ring substituents is 1. The van der Waals surface area contributed by atoms with Gasteiger partial charge in [-0.05, 0) is 50.5 Å². The van der Waals surface area contributed by atoms with Crippen molar-refractivity contribution in [2.75, 3.05) is 32.4 Å². The van der Waals surface area contributed by atoms with Crippen LogP contribution in [0.5, 0.6) is 0 Å². The number of benzene rings is 1. The second-order valence-electron chi connectivity index (χ2n) is 7.09. The Bertz CT molecular complexity index is 726. The van der Waals surface area contributed by atoms with E-state index in [1.54, 1.807) is 17.0 Å². The number of hydrogen-bond donors (Lipinski definition) is 0. The van der Waals surface area contributed by atoms with Crippen molar-refractivity contribution in [2.24, 2.45) is 5.92 Å². The summed E-state index contributed by atoms with van der Waals surface area (Å²) in [6.45, 7) is 2.60. The lowest BCUT2D eigenvalue weighted by molar-refractivity contribution is -0.385. The molecule has 0 aromatic heterocycles. The lowest BCUT2D eigenvalue weighted by Crippen LogP contribution is -2.45. The summed E-state index contributed by atoms with van der Waals surface area (Å²) in [5.74, 6) is -0.154. The lowest BCUT2D eigenvalue weighted by Gasteiger charge is -2.35. The zero-order valence-corrected chi connectivity index (χ0v) is 16.4. The van der Waals surface area contributed by atoms with E-state index in [1.165, 1.54) is 24.2 Å². The molecular weight excluding hydrogens is 366 g/mol. The van der Waals surface area contributed by atoms with Crippen LogP contribution in [-0.4, -0.2) is 59.0 Å². The smallest absolute Gasteiger partial charge is 0.282 e. The molecule has 146 valence electrons. The van der Waals surface area contributed by atoms with E-state index in [4.69, 9.17) is 0 Å². The third kappa shape index (κ3) is 4.43. The second kappa shape index (κ2) is 8.73. The Hall–Kier alpha value is -2.09. The van der Waals surface area contributed by atoms with Crippen LogP contribution in [0.2, 0.25) is 0 Å². The molecule has 2 saturated heterocycles. The molecule has 0 bridgehead atoms. The van der Waals surface area contributed by atoms with E-state index >= 15 is 0 Å². The summed E-state index contributed by atoms with van der Waals surface area (Å²) in [5.41, 5.74) is -0.0306. The molecular formula is C19H25N3O4S. The number of nitro groups is 1. The maximum absolute atomic E-state index is 12.9. The Labute approximate surface area is 163 Å². The predicted octanol–water partition coefficient (Wildman–Crippen LogP) is 3.18. The van der Waals surface area contributed by atoms with Gasteiger partial charge in [0.15, 0.2) is 0 Å². The topological polar surface area (TPSA) is 83.8 Å². The first-order valence-corrected chi connectivity index (χ1v) is 10.6. The molecule has 1 aromatic carbocycles. The zero-order chi connectivity index (χ0) is 19.4. The van der Waals surface area contributed by atoms with Gasteiger partial charge in [-0.15, -0.1) is 11.8 Å². The van der Waals surface area contributed by atoms with Gasteiger partial charge in [0, 0.05) is 43.1 Å². The van der Waals surface area contributed by atoms with Crippen LogP contribution in [0.3, 0.4) is 0 Å². The van der Waals surface area contributed by atoms with Crippen molar-refractivity contribution in [3.63, 3.8) is 0 Å². The third-order valence-corrected chi connectivity index (χ3v) is 6.16. The van der Waals surface area contributed by atoms with Crippen LogP contribution >= 0.6 is 11.8 Å². The molecule has 2 fully saturated rings. The summed E-state index contributed by atoms with van der Waals surface area (Å²) in [7, 11) is 0. The van der Waals surface area contributed by atoms with Crippen LogP contribution in [0.1, 0.15) is 42.5 Å². The minimum absolute atomic E-state index is 0.0420. The summed E-state index contributed by atoms with van der Waals surface area (Å²) in [5, 5.41) is 11.3. The van der Waals surface area contributed by atoms with Gasteiger partial charge >= 0.3 is 0 Å². The van der Waals surface area contributed by atoms with Crippen molar-refractivity contribution in [3.8, 4) is 0 Å². The molecule has 8 heteroatoms. The molecule has 0 N–H and O–H groups in total. The van der Waals surface area contributed by atoms with Gasteiger partial charge in [0.05, 0.1) is 4.92 Å². The van der Waals surface area contributed by atoms with E-state index in [0.717, 1.165) is 30.8 Å². The van der Waals surface area contributed by atoms with Crippen molar-refractivity contribution in [1.29, 1.82) is 0 Å². The monoisotopic (exact) mass is 391 g/mol. The fourth-order valence-electron chi connectivity index (χ4n) is 3.84. The summed E-state index contributed by atoms with van der Waals surface area (Å²) >= 11 is 1.44. The number of piperidine rings is 2. The Morgan fingerprint density at radius 2 is 1.74 bits per heavy atom. The molecule has 3 rings (SSSR count).